The van der Waals surface area contributed by atoms with Gasteiger partial charge in [0.1, 0.15) is 6.04 Å². The van der Waals surface area contributed by atoms with E-state index in [1.54, 1.807) is 31.2 Å². The first-order valence-electron chi connectivity index (χ1n) is 6.25. The van der Waals surface area contributed by atoms with Crippen molar-refractivity contribution < 1.29 is 9.21 Å². The van der Waals surface area contributed by atoms with Crippen LogP contribution in [0.15, 0.2) is 38.5 Å². The SMILES string of the molecule is CC(C(=O)NC1=NCCS1)n1c(=O)oc2ccccc21. The van der Waals surface area contributed by atoms with Crippen LogP contribution in [0, 0.1) is 0 Å². The Hall–Kier alpha value is -2.02. The number of carbonyl (C=O) groups excluding carboxylic acids is 1. The summed E-state index contributed by atoms with van der Waals surface area (Å²) < 4.78 is 6.48. The van der Waals surface area contributed by atoms with Crippen LogP contribution in [0.3, 0.4) is 0 Å². The van der Waals surface area contributed by atoms with Crippen LogP contribution in [-0.4, -0.2) is 27.9 Å². The van der Waals surface area contributed by atoms with Crippen LogP contribution in [0.4, 0.5) is 0 Å². The largest absolute Gasteiger partial charge is 0.420 e. The molecule has 1 aliphatic heterocycles. The second kappa shape index (κ2) is 5.16. The van der Waals surface area contributed by atoms with Crippen LogP contribution in [0.1, 0.15) is 13.0 Å². The minimum atomic E-state index is -0.657. The summed E-state index contributed by atoms with van der Waals surface area (Å²) in [7, 11) is 0. The Labute approximate surface area is 118 Å². The van der Waals surface area contributed by atoms with Gasteiger partial charge in [-0.3, -0.25) is 14.4 Å². The molecule has 1 unspecified atom stereocenters. The molecule has 3 rings (SSSR count). The minimum absolute atomic E-state index is 0.271. The van der Waals surface area contributed by atoms with Gasteiger partial charge >= 0.3 is 5.76 Å². The molecule has 1 aromatic heterocycles. The smallest absolute Gasteiger partial charge is 0.408 e. The summed E-state index contributed by atoms with van der Waals surface area (Å²) in [4.78, 5) is 28.3. The van der Waals surface area contributed by atoms with Crippen LogP contribution >= 0.6 is 11.8 Å². The van der Waals surface area contributed by atoms with E-state index in [0.29, 0.717) is 22.8 Å². The number of amidine groups is 1. The fraction of sp³-hybridized carbons (Fsp3) is 0.308. The van der Waals surface area contributed by atoms with Gasteiger partial charge in [0, 0.05) is 5.75 Å². The molecular formula is C13H13N3O3S. The standard InChI is InChI=1S/C13H13N3O3S/c1-8(11(17)15-12-14-6-7-20-12)16-9-4-2-3-5-10(9)19-13(16)18/h2-5,8H,6-7H2,1H3,(H,14,15,17). The zero-order valence-electron chi connectivity index (χ0n) is 10.8. The lowest BCUT2D eigenvalue weighted by Crippen LogP contribution is -2.36. The predicted molar refractivity (Wildman–Crippen MR) is 78.1 cm³/mol. The van der Waals surface area contributed by atoms with Crippen molar-refractivity contribution in [1.82, 2.24) is 9.88 Å². The Balaban J connectivity index is 1.91. The number of carbonyl (C=O) groups is 1. The molecule has 104 valence electrons. The van der Waals surface area contributed by atoms with Crippen LogP contribution in [0.25, 0.3) is 11.1 Å². The third-order valence-corrected chi connectivity index (χ3v) is 3.99. The lowest BCUT2D eigenvalue weighted by atomic mass is 10.2. The van der Waals surface area contributed by atoms with Gasteiger partial charge in [-0.2, -0.15) is 0 Å². The molecule has 0 saturated heterocycles. The molecule has 1 amide bonds. The van der Waals surface area contributed by atoms with Crippen molar-refractivity contribution in [3.63, 3.8) is 0 Å². The van der Waals surface area contributed by atoms with Crippen LogP contribution in [0.2, 0.25) is 0 Å². The fourth-order valence-electron chi connectivity index (χ4n) is 2.09. The van der Waals surface area contributed by atoms with Gasteiger partial charge < -0.3 is 9.73 Å². The number of rotatable bonds is 2. The molecule has 0 fully saturated rings. The van der Waals surface area contributed by atoms with Crippen LogP contribution in [-0.2, 0) is 4.79 Å². The van der Waals surface area contributed by atoms with Gasteiger partial charge in [-0.05, 0) is 19.1 Å². The van der Waals surface area contributed by atoms with Crippen molar-refractivity contribution in [2.75, 3.05) is 12.3 Å². The van der Waals surface area contributed by atoms with E-state index in [-0.39, 0.29) is 5.91 Å². The van der Waals surface area contributed by atoms with Crippen molar-refractivity contribution in [2.45, 2.75) is 13.0 Å². The van der Waals surface area contributed by atoms with Crippen molar-refractivity contribution in [1.29, 1.82) is 0 Å². The lowest BCUT2D eigenvalue weighted by Gasteiger charge is -2.12. The second-order valence-electron chi connectivity index (χ2n) is 4.41. The summed E-state index contributed by atoms with van der Waals surface area (Å²) in [5.41, 5.74) is 1.09. The summed E-state index contributed by atoms with van der Waals surface area (Å²) in [6, 6.07) is 6.38. The molecule has 1 aromatic carbocycles. The van der Waals surface area contributed by atoms with Gasteiger partial charge in [-0.1, -0.05) is 23.9 Å². The number of fused-ring (bicyclic) bond motifs is 1. The van der Waals surface area contributed by atoms with E-state index in [1.807, 2.05) is 0 Å². The number of amides is 1. The molecule has 0 spiro atoms. The van der Waals surface area contributed by atoms with Gasteiger partial charge in [0.25, 0.3) is 0 Å². The third-order valence-electron chi connectivity index (χ3n) is 3.10. The molecular weight excluding hydrogens is 278 g/mol. The first kappa shape index (κ1) is 13.0. The summed E-state index contributed by atoms with van der Waals surface area (Å²) in [6.45, 7) is 2.38. The Kier molecular flexibility index (Phi) is 3.35. The molecule has 20 heavy (non-hydrogen) atoms. The summed E-state index contributed by atoms with van der Waals surface area (Å²) >= 11 is 1.50. The summed E-state index contributed by atoms with van der Waals surface area (Å²) in [5, 5.41) is 3.35. The third kappa shape index (κ3) is 2.24. The summed E-state index contributed by atoms with van der Waals surface area (Å²) in [6.07, 6.45) is 0. The number of aliphatic imine (C=N–C) groups is 1. The maximum Gasteiger partial charge on any atom is 0.420 e. The highest BCUT2D eigenvalue weighted by Crippen LogP contribution is 2.17. The average Bonchev–Trinajstić information content (AvgIpc) is 3.04. The zero-order valence-corrected chi connectivity index (χ0v) is 11.6. The number of nitrogens with one attached hydrogen (secondary N) is 1. The van der Waals surface area contributed by atoms with E-state index < -0.39 is 11.8 Å². The van der Waals surface area contributed by atoms with Crippen molar-refractivity contribution in [3.8, 4) is 0 Å². The molecule has 2 aromatic rings. The minimum Gasteiger partial charge on any atom is -0.408 e. The molecule has 1 atom stereocenters. The van der Waals surface area contributed by atoms with Crippen molar-refractivity contribution in [3.05, 3.63) is 34.8 Å². The van der Waals surface area contributed by atoms with E-state index in [1.165, 1.54) is 16.3 Å². The molecule has 2 heterocycles. The molecule has 1 N–H and O–H groups in total. The van der Waals surface area contributed by atoms with E-state index in [0.717, 1.165) is 5.75 Å². The highest BCUT2D eigenvalue weighted by Gasteiger charge is 2.22. The molecule has 0 radical (unpaired) electrons. The number of hydrogen-bond acceptors (Lipinski definition) is 5. The lowest BCUT2D eigenvalue weighted by molar-refractivity contribution is -0.122. The number of thioether (sulfide) groups is 1. The highest BCUT2D eigenvalue weighted by molar-refractivity contribution is 8.14. The molecule has 7 heteroatoms. The molecule has 6 nitrogen and oxygen atoms in total. The topological polar surface area (TPSA) is 76.6 Å². The number of oxazole rings is 1. The van der Waals surface area contributed by atoms with Gasteiger partial charge in [0.2, 0.25) is 5.91 Å². The number of nitrogens with zero attached hydrogens (tertiary/aromatic N) is 2. The first-order chi connectivity index (χ1) is 9.66. The number of para-hydroxylation sites is 2. The maximum absolute atomic E-state index is 12.2. The van der Waals surface area contributed by atoms with Gasteiger partial charge in [0.15, 0.2) is 10.8 Å². The van der Waals surface area contributed by atoms with Gasteiger partial charge in [-0.15, -0.1) is 0 Å². The Morgan fingerprint density at radius 3 is 3.05 bits per heavy atom. The molecule has 0 aliphatic carbocycles. The summed E-state index contributed by atoms with van der Waals surface area (Å²) in [5.74, 6) is 0.0696. The number of aromatic nitrogens is 1. The molecule has 0 saturated carbocycles. The average molecular weight is 291 g/mol. The Morgan fingerprint density at radius 1 is 1.50 bits per heavy atom. The molecule has 0 bridgehead atoms. The highest BCUT2D eigenvalue weighted by atomic mass is 32.2. The fourth-order valence-corrected chi connectivity index (χ4v) is 2.82. The molecule has 1 aliphatic rings. The van der Waals surface area contributed by atoms with Gasteiger partial charge in [-0.25, -0.2) is 4.79 Å². The predicted octanol–water partition coefficient (Wildman–Crippen LogP) is 1.37. The maximum atomic E-state index is 12.2. The number of hydrogen-bond donors (Lipinski definition) is 1. The van der Waals surface area contributed by atoms with Crippen LogP contribution < -0.4 is 11.1 Å². The zero-order chi connectivity index (χ0) is 14.1. The number of benzene rings is 1. The van der Waals surface area contributed by atoms with E-state index in [2.05, 4.69) is 10.3 Å². The van der Waals surface area contributed by atoms with E-state index in [4.69, 9.17) is 4.42 Å². The normalized spacial score (nSPS) is 16.1. The second-order valence-corrected chi connectivity index (χ2v) is 5.49. The quantitative estimate of drug-likeness (QED) is 0.906. The Morgan fingerprint density at radius 2 is 2.30 bits per heavy atom. The van der Waals surface area contributed by atoms with E-state index >= 15 is 0 Å². The Bertz CT molecular complexity index is 747. The van der Waals surface area contributed by atoms with Crippen LogP contribution in [0.5, 0.6) is 0 Å². The van der Waals surface area contributed by atoms with Gasteiger partial charge in [0.05, 0.1) is 12.1 Å². The van der Waals surface area contributed by atoms with E-state index in [9.17, 15) is 9.59 Å². The first-order valence-corrected chi connectivity index (χ1v) is 7.23. The monoisotopic (exact) mass is 291 g/mol. The van der Waals surface area contributed by atoms with Crippen molar-refractivity contribution >= 4 is 33.9 Å². The van der Waals surface area contributed by atoms with Crippen molar-refractivity contribution in [2.24, 2.45) is 4.99 Å².